The molecule has 0 unspecified atom stereocenters. The Labute approximate surface area is 108 Å². The molecule has 1 N–H and O–H groups in total. The quantitative estimate of drug-likeness (QED) is 0.513. The second-order valence-corrected chi connectivity index (χ2v) is 3.99. The molecule has 96 valence electrons. The van der Waals surface area contributed by atoms with Gasteiger partial charge in [-0.25, -0.2) is 4.79 Å². The van der Waals surface area contributed by atoms with Crippen LogP contribution in [-0.2, 0) is 6.54 Å². The topological polar surface area (TPSA) is 84.3 Å². The molecule has 1 aromatic carbocycles. The molecule has 1 aromatic heterocycles. The van der Waals surface area contributed by atoms with Crippen LogP contribution < -0.4 is 4.57 Å². The van der Waals surface area contributed by atoms with Crippen molar-refractivity contribution in [3.8, 4) is 0 Å². The predicted octanol–water partition coefficient (Wildman–Crippen LogP) is 1.63. The number of pyridine rings is 1. The molecule has 0 aliphatic rings. The number of aromatic nitrogens is 1. The Morgan fingerprint density at radius 3 is 2.53 bits per heavy atom. The molecule has 6 heteroatoms. The number of hydrogen-bond donors (Lipinski definition) is 1. The monoisotopic (exact) mass is 259 g/mol. The number of non-ortho nitro benzene ring substituents is 1. The van der Waals surface area contributed by atoms with Crippen molar-refractivity contribution < 1.29 is 19.4 Å². The number of rotatable bonds is 4. The molecule has 0 aliphatic carbocycles. The summed E-state index contributed by atoms with van der Waals surface area (Å²) in [4.78, 5) is 20.9. The molecular weight excluding hydrogens is 248 g/mol. The summed E-state index contributed by atoms with van der Waals surface area (Å²) >= 11 is 0. The molecule has 0 atom stereocenters. The van der Waals surface area contributed by atoms with Gasteiger partial charge in [-0.1, -0.05) is 0 Å². The molecule has 0 saturated carbocycles. The number of carboxylic acid groups (broad SMARTS) is 1. The van der Waals surface area contributed by atoms with E-state index in [9.17, 15) is 14.9 Å². The number of nitrogens with zero attached hydrogens (tertiary/aromatic N) is 2. The molecule has 0 amide bonds. The highest BCUT2D eigenvalue weighted by Gasteiger charge is 2.10. The molecule has 0 aliphatic heterocycles. The maximum Gasteiger partial charge on any atom is 0.341 e. The zero-order valence-electron chi connectivity index (χ0n) is 9.89. The molecule has 0 spiro atoms. The van der Waals surface area contributed by atoms with Crippen LogP contribution in [0.4, 0.5) is 5.69 Å². The fourth-order valence-corrected chi connectivity index (χ4v) is 1.68. The second kappa shape index (κ2) is 5.26. The van der Waals surface area contributed by atoms with Gasteiger partial charge in [0.2, 0.25) is 0 Å². The van der Waals surface area contributed by atoms with Crippen molar-refractivity contribution >= 4 is 11.7 Å². The first-order chi connectivity index (χ1) is 9.06. The van der Waals surface area contributed by atoms with Gasteiger partial charge in [-0.15, -0.1) is 0 Å². The molecule has 2 aromatic rings. The molecule has 0 bridgehead atoms. The van der Waals surface area contributed by atoms with Crippen LogP contribution in [0.3, 0.4) is 0 Å². The number of carbonyl (C=O) groups is 1. The lowest BCUT2D eigenvalue weighted by atomic mass is 10.2. The molecule has 2 rings (SSSR count). The highest BCUT2D eigenvalue weighted by atomic mass is 16.6. The molecule has 6 nitrogen and oxygen atoms in total. The van der Waals surface area contributed by atoms with Crippen molar-refractivity contribution in [2.75, 3.05) is 0 Å². The molecule has 0 fully saturated rings. The average molecular weight is 259 g/mol. The lowest BCUT2D eigenvalue weighted by Crippen LogP contribution is -2.34. The van der Waals surface area contributed by atoms with Crippen molar-refractivity contribution in [2.45, 2.75) is 6.54 Å². The van der Waals surface area contributed by atoms with E-state index in [0.717, 1.165) is 5.56 Å². The maximum atomic E-state index is 10.8. The minimum absolute atomic E-state index is 0.0352. The second-order valence-electron chi connectivity index (χ2n) is 3.99. The molecule has 0 saturated heterocycles. The number of benzene rings is 1. The fourth-order valence-electron chi connectivity index (χ4n) is 1.68. The van der Waals surface area contributed by atoms with Gasteiger partial charge in [0, 0.05) is 23.8 Å². The first-order valence-corrected chi connectivity index (χ1v) is 5.52. The van der Waals surface area contributed by atoms with Gasteiger partial charge in [-0.2, -0.15) is 4.57 Å². The highest BCUT2D eigenvalue weighted by Crippen LogP contribution is 2.11. The summed E-state index contributed by atoms with van der Waals surface area (Å²) < 4.78 is 1.71. The van der Waals surface area contributed by atoms with Gasteiger partial charge in [0.25, 0.3) is 5.69 Å². The van der Waals surface area contributed by atoms with Crippen molar-refractivity contribution in [1.29, 1.82) is 0 Å². The van der Waals surface area contributed by atoms with E-state index < -0.39 is 10.9 Å². The largest absolute Gasteiger partial charge is 0.477 e. The molecule has 0 radical (unpaired) electrons. The van der Waals surface area contributed by atoms with Gasteiger partial charge < -0.3 is 5.11 Å². The van der Waals surface area contributed by atoms with Gasteiger partial charge in [0.1, 0.15) is 5.56 Å². The van der Waals surface area contributed by atoms with Crippen LogP contribution in [0.15, 0.2) is 48.8 Å². The van der Waals surface area contributed by atoms with Crippen LogP contribution >= 0.6 is 0 Å². The summed E-state index contributed by atoms with van der Waals surface area (Å²) in [6.07, 6.45) is 3.26. The van der Waals surface area contributed by atoms with Gasteiger partial charge in [0.15, 0.2) is 18.9 Å². The number of nitro benzene ring substituents is 1. The highest BCUT2D eigenvalue weighted by molar-refractivity contribution is 5.86. The Hall–Kier alpha value is -2.76. The maximum absolute atomic E-state index is 10.8. The lowest BCUT2D eigenvalue weighted by Gasteiger charge is -1.99. The van der Waals surface area contributed by atoms with Crippen LogP contribution in [0.2, 0.25) is 0 Å². The first-order valence-electron chi connectivity index (χ1n) is 5.52. The van der Waals surface area contributed by atoms with E-state index in [4.69, 9.17) is 5.11 Å². The van der Waals surface area contributed by atoms with E-state index in [2.05, 4.69) is 0 Å². The third-order valence-corrected chi connectivity index (χ3v) is 2.62. The lowest BCUT2D eigenvalue weighted by molar-refractivity contribution is -0.688. The first kappa shape index (κ1) is 12.7. The minimum Gasteiger partial charge on any atom is -0.477 e. The van der Waals surface area contributed by atoms with Crippen molar-refractivity contribution in [2.24, 2.45) is 0 Å². The van der Waals surface area contributed by atoms with Crippen LogP contribution in [0, 0.1) is 10.1 Å². The van der Waals surface area contributed by atoms with E-state index in [1.165, 1.54) is 24.4 Å². The fraction of sp³-hybridized carbons (Fsp3) is 0.0769. The van der Waals surface area contributed by atoms with Gasteiger partial charge in [-0.3, -0.25) is 10.1 Å². The smallest absolute Gasteiger partial charge is 0.341 e. The summed E-state index contributed by atoms with van der Waals surface area (Å²) in [5, 5.41) is 19.4. The summed E-state index contributed by atoms with van der Waals surface area (Å²) in [7, 11) is 0. The van der Waals surface area contributed by atoms with E-state index in [1.54, 1.807) is 29.0 Å². The van der Waals surface area contributed by atoms with Gasteiger partial charge >= 0.3 is 5.97 Å². The molecule has 19 heavy (non-hydrogen) atoms. The Kier molecular flexibility index (Phi) is 3.51. The van der Waals surface area contributed by atoms with E-state index in [0.29, 0.717) is 6.54 Å². The molecular formula is C13H11N2O4+. The van der Waals surface area contributed by atoms with Crippen LogP contribution in [0.25, 0.3) is 0 Å². The molecule has 1 heterocycles. The number of hydrogen-bond acceptors (Lipinski definition) is 3. The predicted molar refractivity (Wildman–Crippen MR) is 65.8 cm³/mol. The van der Waals surface area contributed by atoms with Crippen molar-refractivity contribution in [3.05, 3.63) is 70.0 Å². The van der Waals surface area contributed by atoms with E-state index in [1.807, 2.05) is 0 Å². The normalized spacial score (nSPS) is 10.1. The van der Waals surface area contributed by atoms with Crippen LogP contribution in [0.5, 0.6) is 0 Å². The van der Waals surface area contributed by atoms with Crippen LogP contribution in [0.1, 0.15) is 15.9 Å². The zero-order chi connectivity index (χ0) is 13.8. The number of aromatic carboxylic acids is 1. The standard InChI is InChI=1S/C13H10N2O4/c16-13(17)11-2-1-7-14(9-11)8-10-3-5-12(6-4-10)15(18)19/h1-7,9H,8H2/p+1. The third-order valence-electron chi connectivity index (χ3n) is 2.62. The van der Waals surface area contributed by atoms with E-state index in [-0.39, 0.29) is 11.3 Å². The van der Waals surface area contributed by atoms with Gasteiger partial charge in [0.05, 0.1) is 4.92 Å². The van der Waals surface area contributed by atoms with Crippen molar-refractivity contribution in [1.82, 2.24) is 0 Å². The Bertz CT molecular complexity index is 623. The number of carboxylic acids is 1. The zero-order valence-corrected chi connectivity index (χ0v) is 9.89. The average Bonchev–Trinajstić information content (AvgIpc) is 2.39. The Balaban J connectivity index is 2.19. The summed E-state index contributed by atoms with van der Waals surface area (Å²) in [5.74, 6) is -0.988. The SMILES string of the molecule is O=C(O)c1ccc[n+](Cc2ccc([N+](=O)[O-])cc2)c1. The summed E-state index contributed by atoms with van der Waals surface area (Å²) in [6.45, 7) is 0.457. The number of nitro groups is 1. The third kappa shape index (κ3) is 3.12. The Morgan fingerprint density at radius 2 is 1.95 bits per heavy atom. The summed E-state index contributed by atoms with van der Waals surface area (Å²) in [5.41, 5.74) is 1.09. The Morgan fingerprint density at radius 1 is 1.26 bits per heavy atom. The van der Waals surface area contributed by atoms with Gasteiger partial charge in [-0.05, 0) is 18.2 Å². The van der Waals surface area contributed by atoms with Crippen LogP contribution in [-0.4, -0.2) is 16.0 Å². The van der Waals surface area contributed by atoms with E-state index >= 15 is 0 Å². The summed E-state index contributed by atoms with van der Waals surface area (Å²) in [6, 6.07) is 9.31. The minimum atomic E-state index is -0.988. The van der Waals surface area contributed by atoms with Crippen molar-refractivity contribution in [3.63, 3.8) is 0 Å².